The van der Waals surface area contributed by atoms with E-state index in [0.717, 1.165) is 25.2 Å². The Morgan fingerprint density at radius 1 is 0.923 bits per heavy atom. The van der Waals surface area contributed by atoms with E-state index >= 15 is 0 Å². The Morgan fingerprint density at radius 2 is 1.69 bits per heavy atom. The number of nitrogens with zero attached hydrogens (tertiary/aromatic N) is 4. The summed E-state index contributed by atoms with van der Waals surface area (Å²) in [5.74, 6) is 0.685. The first kappa shape index (κ1) is 15.8. The lowest BCUT2D eigenvalue weighted by atomic mass is 9.99. The zero-order valence-corrected chi connectivity index (χ0v) is 15.0. The van der Waals surface area contributed by atoms with Crippen molar-refractivity contribution in [1.82, 2.24) is 19.9 Å². The van der Waals surface area contributed by atoms with E-state index in [2.05, 4.69) is 80.6 Å². The molecule has 0 aliphatic carbocycles. The lowest BCUT2D eigenvalue weighted by Crippen LogP contribution is -2.22. The summed E-state index contributed by atoms with van der Waals surface area (Å²) in [5.41, 5.74) is 4.98. The molecule has 0 saturated carbocycles. The van der Waals surface area contributed by atoms with Crippen LogP contribution in [0.4, 0.5) is 0 Å². The quantitative estimate of drug-likeness (QED) is 0.721. The molecule has 4 heteroatoms. The van der Waals surface area contributed by atoms with Crippen molar-refractivity contribution in [2.24, 2.45) is 5.92 Å². The molecule has 1 aromatic heterocycles. The van der Waals surface area contributed by atoms with Gasteiger partial charge in [0.25, 0.3) is 0 Å². The average Bonchev–Trinajstić information content (AvgIpc) is 3.24. The molecule has 2 aromatic carbocycles. The van der Waals surface area contributed by atoms with Gasteiger partial charge < -0.3 is 0 Å². The van der Waals surface area contributed by atoms with Crippen molar-refractivity contribution >= 4 is 0 Å². The van der Waals surface area contributed by atoms with E-state index < -0.39 is 0 Å². The van der Waals surface area contributed by atoms with Crippen molar-refractivity contribution in [2.75, 3.05) is 13.1 Å². The zero-order chi connectivity index (χ0) is 17.3. The molecule has 26 heavy (non-hydrogen) atoms. The minimum atomic E-state index is 0.459. The van der Waals surface area contributed by atoms with Crippen molar-refractivity contribution in [3.05, 3.63) is 71.9 Å². The van der Waals surface area contributed by atoms with Crippen molar-refractivity contribution in [3.63, 3.8) is 0 Å². The number of hydrogen-bond acceptors (Lipinski definition) is 3. The first-order valence-electron chi connectivity index (χ1n) is 9.64. The summed E-state index contributed by atoms with van der Waals surface area (Å²) in [6.07, 6.45) is 3.60. The average molecular weight is 344 g/mol. The van der Waals surface area contributed by atoms with Crippen LogP contribution < -0.4 is 0 Å². The summed E-state index contributed by atoms with van der Waals surface area (Å²) >= 11 is 0. The summed E-state index contributed by atoms with van der Waals surface area (Å²) in [6, 6.07) is 21.8. The third kappa shape index (κ3) is 2.84. The Kier molecular flexibility index (Phi) is 4.06. The standard InChI is InChI=1S/C22H24N4/c1-3-8-17(9-4-1)14-25-15-19-12-7-13-20-22(18-10-5-2-6-11-18)23-24-26(20)21(19)16-25/h1-6,8-11,19,21H,7,12-16H2/t19-,21+/m0/s1. The molecule has 132 valence electrons. The highest BCUT2D eigenvalue weighted by atomic mass is 15.5. The van der Waals surface area contributed by atoms with Gasteiger partial charge in [-0.05, 0) is 30.7 Å². The molecule has 1 fully saturated rings. The number of hydrogen-bond donors (Lipinski definition) is 0. The Hall–Kier alpha value is -2.46. The van der Waals surface area contributed by atoms with Crippen LogP contribution in [0.2, 0.25) is 0 Å². The molecule has 5 rings (SSSR count). The van der Waals surface area contributed by atoms with Crippen LogP contribution in [0.25, 0.3) is 11.3 Å². The SMILES string of the molecule is c1ccc(CN2C[C@@H]3CCCc4c(-c5ccccc5)nnn4[C@@H]3C2)cc1. The summed E-state index contributed by atoms with van der Waals surface area (Å²) < 4.78 is 2.25. The molecule has 2 atom stereocenters. The second-order valence-corrected chi connectivity index (χ2v) is 7.59. The van der Waals surface area contributed by atoms with Crippen LogP contribution >= 0.6 is 0 Å². The predicted octanol–water partition coefficient (Wildman–Crippen LogP) is 3.95. The minimum absolute atomic E-state index is 0.459. The smallest absolute Gasteiger partial charge is 0.116 e. The topological polar surface area (TPSA) is 34.0 Å². The fraction of sp³-hybridized carbons (Fsp3) is 0.364. The van der Waals surface area contributed by atoms with Crippen molar-refractivity contribution in [1.29, 1.82) is 0 Å². The van der Waals surface area contributed by atoms with Gasteiger partial charge in [0.2, 0.25) is 0 Å². The van der Waals surface area contributed by atoms with E-state index in [-0.39, 0.29) is 0 Å². The Labute approximate surface area is 154 Å². The first-order chi connectivity index (χ1) is 12.9. The molecule has 0 N–H and O–H groups in total. The number of benzene rings is 2. The van der Waals surface area contributed by atoms with Crippen LogP contribution in [0.15, 0.2) is 60.7 Å². The fourth-order valence-corrected chi connectivity index (χ4v) is 4.64. The van der Waals surface area contributed by atoms with Crippen molar-refractivity contribution < 1.29 is 0 Å². The van der Waals surface area contributed by atoms with Crippen LogP contribution in [0.5, 0.6) is 0 Å². The molecule has 2 aliphatic heterocycles. The summed E-state index contributed by atoms with van der Waals surface area (Å²) in [7, 11) is 0. The fourth-order valence-electron chi connectivity index (χ4n) is 4.64. The monoisotopic (exact) mass is 344 g/mol. The molecule has 0 radical (unpaired) electrons. The Morgan fingerprint density at radius 3 is 2.50 bits per heavy atom. The summed E-state index contributed by atoms with van der Waals surface area (Å²) in [6.45, 7) is 3.27. The maximum Gasteiger partial charge on any atom is 0.116 e. The molecule has 0 amide bonds. The van der Waals surface area contributed by atoms with Crippen LogP contribution in [-0.2, 0) is 13.0 Å². The molecule has 1 saturated heterocycles. The van der Waals surface area contributed by atoms with Gasteiger partial charge in [0.05, 0.1) is 11.7 Å². The van der Waals surface area contributed by atoms with Crippen molar-refractivity contribution in [3.8, 4) is 11.3 Å². The zero-order valence-electron chi connectivity index (χ0n) is 15.0. The summed E-state index contributed by atoms with van der Waals surface area (Å²) in [5, 5.41) is 9.19. The van der Waals surface area contributed by atoms with Crippen LogP contribution in [0.3, 0.4) is 0 Å². The molecular weight excluding hydrogens is 320 g/mol. The summed E-state index contributed by atoms with van der Waals surface area (Å²) in [4.78, 5) is 2.59. The van der Waals surface area contributed by atoms with Gasteiger partial charge in [0.1, 0.15) is 5.69 Å². The Bertz CT molecular complexity index is 872. The number of fused-ring (bicyclic) bond motifs is 3. The van der Waals surface area contributed by atoms with E-state index in [4.69, 9.17) is 0 Å². The molecule has 3 heterocycles. The van der Waals surface area contributed by atoms with Gasteiger partial charge in [-0.3, -0.25) is 4.90 Å². The third-order valence-electron chi connectivity index (χ3n) is 5.87. The minimum Gasteiger partial charge on any atom is -0.297 e. The second kappa shape index (κ2) is 6.69. The van der Waals surface area contributed by atoms with E-state index in [1.165, 1.54) is 36.2 Å². The number of rotatable bonds is 3. The lowest BCUT2D eigenvalue weighted by molar-refractivity contribution is 0.306. The van der Waals surface area contributed by atoms with E-state index in [9.17, 15) is 0 Å². The van der Waals surface area contributed by atoms with Gasteiger partial charge in [-0.15, -0.1) is 5.10 Å². The van der Waals surface area contributed by atoms with Gasteiger partial charge in [0.15, 0.2) is 0 Å². The number of likely N-dealkylation sites (tertiary alicyclic amines) is 1. The van der Waals surface area contributed by atoms with Crippen LogP contribution in [-0.4, -0.2) is 33.0 Å². The van der Waals surface area contributed by atoms with E-state index in [1.54, 1.807) is 0 Å². The highest BCUT2D eigenvalue weighted by Crippen LogP contribution is 2.37. The van der Waals surface area contributed by atoms with Gasteiger partial charge in [0, 0.05) is 25.2 Å². The molecule has 4 nitrogen and oxygen atoms in total. The highest BCUT2D eigenvalue weighted by molar-refractivity contribution is 5.61. The molecule has 3 aromatic rings. The Balaban J connectivity index is 1.42. The van der Waals surface area contributed by atoms with Gasteiger partial charge in [-0.25, -0.2) is 4.68 Å². The molecule has 2 aliphatic rings. The maximum absolute atomic E-state index is 4.62. The normalized spacial score (nSPS) is 22.6. The van der Waals surface area contributed by atoms with Gasteiger partial charge >= 0.3 is 0 Å². The van der Waals surface area contributed by atoms with Gasteiger partial charge in [-0.2, -0.15) is 0 Å². The van der Waals surface area contributed by atoms with E-state index in [1.807, 2.05) is 0 Å². The molecule has 0 spiro atoms. The lowest BCUT2D eigenvalue weighted by Gasteiger charge is -2.17. The third-order valence-corrected chi connectivity index (χ3v) is 5.87. The largest absolute Gasteiger partial charge is 0.297 e. The molecule has 0 unspecified atom stereocenters. The molecule has 0 bridgehead atoms. The van der Waals surface area contributed by atoms with E-state index in [0.29, 0.717) is 12.0 Å². The first-order valence-corrected chi connectivity index (χ1v) is 9.64. The predicted molar refractivity (Wildman–Crippen MR) is 103 cm³/mol. The van der Waals surface area contributed by atoms with Crippen LogP contribution in [0, 0.1) is 5.92 Å². The maximum atomic E-state index is 4.62. The number of aromatic nitrogens is 3. The van der Waals surface area contributed by atoms with Gasteiger partial charge in [-0.1, -0.05) is 65.9 Å². The second-order valence-electron chi connectivity index (χ2n) is 7.59. The molecular formula is C22H24N4. The van der Waals surface area contributed by atoms with Crippen molar-refractivity contribution in [2.45, 2.75) is 31.8 Å². The van der Waals surface area contributed by atoms with Crippen LogP contribution in [0.1, 0.15) is 30.1 Å². The highest BCUT2D eigenvalue weighted by Gasteiger charge is 2.37.